The Kier molecular flexibility index (Phi) is 4.12. The van der Waals surface area contributed by atoms with Crippen LogP contribution in [0.25, 0.3) is 10.9 Å². The summed E-state index contributed by atoms with van der Waals surface area (Å²) in [6.45, 7) is 7.07. The monoisotopic (exact) mass is 313 g/mol. The maximum Gasteiger partial charge on any atom is 0.128 e. The molecule has 114 valence electrons. The van der Waals surface area contributed by atoms with Crippen LogP contribution in [0.3, 0.4) is 0 Å². The third-order valence-electron chi connectivity index (χ3n) is 3.79. The number of fused-ring (bicyclic) bond motifs is 1. The van der Waals surface area contributed by atoms with E-state index < -0.39 is 0 Å². The first-order valence-corrected chi connectivity index (χ1v) is 7.91. The van der Waals surface area contributed by atoms with E-state index in [0.29, 0.717) is 12.6 Å². The number of aryl methyl sites for hydroxylation is 1. The van der Waals surface area contributed by atoms with E-state index in [-0.39, 0.29) is 0 Å². The summed E-state index contributed by atoms with van der Waals surface area (Å²) in [5, 5.41) is 1.99. The van der Waals surface area contributed by atoms with Gasteiger partial charge in [-0.25, -0.2) is 0 Å². The molecule has 0 atom stereocenters. The Bertz CT molecular complexity index is 787. The van der Waals surface area contributed by atoms with Gasteiger partial charge in [-0.1, -0.05) is 23.2 Å². The number of halogens is 1. The van der Waals surface area contributed by atoms with Gasteiger partial charge in [-0.15, -0.1) is 0 Å². The van der Waals surface area contributed by atoms with Gasteiger partial charge in [0.15, 0.2) is 0 Å². The van der Waals surface area contributed by atoms with Crippen LogP contribution < -0.4 is 4.74 Å². The van der Waals surface area contributed by atoms with Crippen LogP contribution in [-0.4, -0.2) is 4.57 Å². The molecule has 0 saturated carbocycles. The Hall–Kier alpha value is -1.93. The van der Waals surface area contributed by atoms with Crippen LogP contribution >= 0.6 is 11.6 Å². The second-order valence-electron chi connectivity index (χ2n) is 5.90. The highest BCUT2D eigenvalue weighted by molar-refractivity contribution is 6.30. The van der Waals surface area contributed by atoms with E-state index in [1.165, 1.54) is 22.2 Å². The molecule has 3 aromatic rings. The molecule has 1 aromatic heterocycles. The highest BCUT2D eigenvalue weighted by Gasteiger charge is 2.12. The molecular weight excluding hydrogens is 294 g/mol. The summed E-state index contributed by atoms with van der Waals surface area (Å²) < 4.78 is 8.26. The number of nitrogens with zero attached hydrogens (tertiary/aromatic N) is 1. The molecule has 0 amide bonds. The first-order valence-electron chi connectivity index (χ1n) is 7.53. The Morgan fingerprint density at radius 2 is 1.77 bits per heavy atom. The molecule has 3 heteroatoms. The summed E-state index contributed by atoms with van der Waals surface area (Å²) >= 11 is 5.90. The molecule has 1 heterocycles. The molecule has 0 aliphatic heterocycles. The molecule has 3 rings (SSSR count). The molecule has 0 bridgehead atoms. The quantitative estimate of drug-likeness (QED) is 0.597. The van der Waals surface area contributed by atoms with Crippen molar-refractivity contribution in [1.82, 2.24) is 4.57 Å². The third kappa shape index (κ3) is 2.97. The average Bonchev–Trinajstić information content (AvgIpc) is 2.84. The van der Waals surface area contributed by atoms with Gasteiger partial charge in [0.1, 0.15) is 12.4 Å². The summed E-state index contributed by atoms with van der Waals surface area (Å²) in [5.74, 6) is 0.834. The topological polar surface area (TPSA) is 14.2 Å². The van der Waals surface area contributed by atoms with Crippen molar-refractivity contribution in [2.24, 2.45) is 0 Å². The number of aromatic nitrogens is 1. The van der Waals surface area contributed by atoms with Crippen molar-refractivity contribution >= 4 is 22.5 Å². The number of rotatable bonds is 4. The average molecular weight is 314 g/mol. The third-order valence-corrected chi connectivity index (χ3v) is 4.04. The van der Waals surface area contributed by atoms with Crippen LogP contribution in [0.5, 0.6) is 5.75 Å². The Labute approximate surface area is 136 Å². The zero-order valence-electron chi connectivity index (χ0n) is 13.1. The molecule has 2 nitrogen and oxygen atoms in total. The lowest BCUT2D eigenvalue weighted by atomic mass is 10.2. The maximum absolute atomic E-state index is 5.92. The van der Waals surface area contributed by atoms with Gasteiger partial charge in [-0.2, -0.15) is 0 Å². The van der Waals surface area contributed by atoms with Crippen LogP contribution in [0.2, 0.25) is 5.02 Å². The van der Waals surface area contributed by atoms with E-state index in [1.54, 1.807) is 0 Å². The van der Waals surface area contributed by atoms with Crippen molar-refractivity contribution < 1.29 is 4.74 Å². The zero-order chi connectivity index (χ0) is 15.7. The van der Waals surface area contributed by atoms with Crippen LogP contribution in [0.15, 0.2) is 48.5 Å². The van der Waals surface area contributed by atoms with Gasteiger partial charge < -0.3 is 9.30 Å². The summed E-state index contributed by atoms with van der Waals surface area (Å²) in [6.07, 6.45) is 0. The Morgan fingerprint density at radius 1 is 1.05 bits per heavy atom. The van der Waals surface area contributed by atoms with Crippen molar-refractivity contribution in [2.45, 2.75) is 33.4 Å². The normalized spacial score (nSPS) is 11.3. The predicted octanol–water partition coefficient (Wildman–Crippen LogP) is 5.76. The van der Waals surface area contributed by atoms with E-state index in [4.69, 9.17) is 16.3 Å². The number of ether oxygens (including phenoxy) is 1. The van der Waals surface area contributed by atoms with Crippen LogP contribution in [0.4, 0.5) is 0 Å². The molecule has 2 aromatic carbocycles. The SMILES string of the molecule is Cc1ccc2c(c1)cc(COc1ccc(Cl)cc1)n2C(C)C. The lowest BCUT2D eigenvalue weighted by molar-refractivity contribution is 0.293. The molecule has 0 saturated heterocycles. The highest BCUT2D eigenvalue weighted by Crippen LogP contribution is 2.26. The summed E-state index contributed by atoms with van der Waals surface area (Å²) in [6, 6.07) is 16.7. The first kappa shape index (κ1) is 15.0. The second kappa shape index (κ2) is 6.05. The predicted molar refractivity (Wildman–Crippen MR) is 92.8 cm³/mol. The van der Waals surface area contributed by atoms with Gasteiger partial charge in [-0.3, -0.25) is 0 Å². The van der Waals surface area contributed by atoms with Crippen LogP contribution in [0, 0.1) is 6.92 Å². The minimum atomic E-state index is 0.393. The van der Waals surface area contributed by atoms with E-state index in [2.05, 4.69) is 49.6 Å². The van der Waals surface area contributed by atoms with Gasteiger partial charge in [0.25, 0.3) is 0 Å². The molecule has 0 spiro atoms. The standard InChI is InChI=1S/C19H20ClNO/c1-13(2)21-17(11-15-10-14(3)4-9-19(15)21)12-22-18-7-5-16(20)6-8-18/h4-11,13H,12H2,1-3H3. The molecule has 0 radical (unpaired) electrons. The number of hydrogen-bond donors (Lipinski definition) is 0. The van der Waals surface area contributed by atoms with Gasteiger partial charge in [0.2, 0.25) is 0 Å². The van der Waals surface area contributed by atoms with E-state index in [9.17, 15) is 0 Å². The Balaban J connectivity index is 1.92. The summed E-state index contributed by atoms with van der Waals surface area (Å²) in [4.78, 5) is 0. The lowest BCUT2D eigenvalue weighted by Crippen LogP contribution is -2.08. The Morgan fingerprint density at radius 3 is 2.45 bits per heavy atom. The number of hydrogen-bond acceptors (Lipinski definition) is 1. The zero-order valence-corrected chi connectivity index (χ0v) is 13.9. The highest BCUT2D eigenvalue weighted by atomic mass is 35.5. The van der Waals surface area contributed by atoms with E-state index in [1.807, 2.05) is 24.3 Å². The smallest absolute Gasteiger partial charge is 0.128 e. The summed E-state index contributed by atoms with van der Waals surface area (Å²) in [5.41, 5.74) is 3.72. The van der Waals surface area contributed by atoms with Gasteiger partial charge in [0.05, 0.1) is 5.69 Å². The molecule has 0 unspecified atom stereocenters. The fourth-order valence-electron chi connectivity index (χ4n) is 2.82. The van der Waals surface area contributed by atoms with Crippen molar-refractivity contribution in [3.05, 3.63) is 64.8 Å². The summed E-state index contributed by atoms with van der Waals surface area (Å²) in [7, 11) is 0. The van der Waals surface area contributed by atoms with Crippen molar-refractivity contribution in [3.63, 3.8) is 0 Å². The molecule has 0 aliphatic rings. The fraction of sp³-hybridized carbons (Fsp3) is 0.263. The van der Waals surface area contributed by atoms with Gasteiger partial charge >= 0.3 is 0 Å². The largest absolute Gasteiger partial charge is 0.487 e. The van der Waals surface area contributed by atoms with Crippen molar-refractivity contribution in [2.75, 3.05) is 0 Å². The lowest BCUT2D eigenvalue weighted by Gasteiger charge is -2.15. The minimum Gasteiger partial charge on any atom is -0.487 e. The van der Waals surface area contributed by atoms with E-state index >= 15 is 0 Å². The fourth-order valence-corrected chi connectivity index (χ4v) is 2.95. The molecule has 0 fully saturated rings. The van der Waals surface area contributed by atoms with Crippen molar-refractivity contribution in [1.29, 1.82) is 0 Å². The maximum atomic E-state index is 5.92. The minimum absolute atomic E-state index is 0.393. The van der Waals surface area contributed by atoms with Gasteiger partial charge in [-0.05, 0) is 63.2 Å². The number of benzene rings is 2. The first-order chi connectivity index (χ1) is 10.5. The molecule has 0 N–H and O–H groups in total. The molecule has 0 aliphatic carbocycles. The molecule has 22 heavy (non-hydrogen) atoms. The van der Waals surface area contributed by atoms with Crippen LogP contribution in [0.1, 0.15) is 31.1 Å². The molecular formula is C19H20ClNO. The second-order valence-corrected chi connectivity index (χ2v) is 6.34. The van der Waals surface area contributed by atoms with Crippen LogP contribution in [-0.2, 0) is 6.61 Å². The van der Waals surface area contributed by atoms with Gasteiger partial charge in [0, 0.05) is 22.0 Å². The van der Waals surface area contributed by atoms with E-state index in [0.717, 1.165) is 10.8 Å². The van der Waals surface area contributed by atoms with Crippen molar-refractivity contribution in [3.8, 4) is 5.75 Å².